The number of aromatic nitrogens is 1. The van der Waals surface area contributed by atoms with Crippen molar-refractivity contribution in [2.45, 2.75) is 13.0 Å². The van der Waals surface area contributed by atoms with E-state index >= 15 is 0 Å². The standard InChI is InChI=1S/C14H12N4O5/c19-14-10(6-9-2-1-3-11(7-9)17(20)21)8-12(18(22)23)13-15-4-5-16(13)14/h1-3,7-8,15H,4-6H2. The maximum absolute atomic E-state index is 12.4. The Morgan fingerprint density at radius 1 is 1.17 bits per heavy atom. The average Bonchev–Trinajstić information content (AvgIpc) is 3.00. The van der Waals surface area contributed by atoms with Gasteiger partial charge in [0, 0.05) is 43.3 Å². The van der Waals surface area contributed by atoms with Crippen molar-refractivity contribution in [1.82, 2.24) is 4.57 Å². The fourth-order valence-corrected chi connectivity index (χ4v) is 2.66. The molecule has 0 unspecified atom stereocenters. The number of nitro benzene ring substituents is 1. The van der Waals surface area contributed by atoms with Crippen molar-refractivity contribution < 1.29 is 9.85 Å². The zero-order chi connectivity index (χ0) is 16.6. The van der Waals surface area contributed by atoms with Crippen molar-refractivity contribution in [1.29, 1.82) is 0 Å². The summed E-state index contributed by atoms with van der Waals surface area (Å²) in [6.45, 7) is 0.814. The van der Waals surface area contributed by atoms with Crippen LogP contribution >= 0.6 is 0 Å². The van der Waals surface area contributed by atoms with E-state index in [9.17, 15) is 25.0 Å². The summed E-state index contributed by atoms with van der Waals surface area (Å²) in [5.74, 6) is 0.211. The molecular formula is C14H12N4O5. The molecule has 1 aliphatic rings. The van der Waals surface area contributed by atoms with E-state index in [2.05, 4.69) is 5.32 Å². The molecule has 9 nitrogen and oxygen atoms in total. The van der Waals surface area contributed by atoms with Crippen LogP contribution in [0.15, 0.2) is 35.1 Å². The fourth-order valence-electron chi connectivity index (χ4n) is 2.66. The molecule has 1 N–H and O–H groups in total. The Morgan fingerprint density at radius 2 is 1.96 bits per heavy atom. The second kappa shape index (κ2) is 5.52. The van der Waals surface area contributed by atoms with Gasteiger partial charge < -0.3 is 5.32 Å². The van der Waals surface area contributed by atoms with Crippen LogP contribution in [-0.4, -0.2) is 21.0 Å². The molecule has 0 saturated carbocycles. The summed E-state index contributed by atoms with van der Waals surface area (Å²) in [5, 5.41) is 24.8. The van der Waals surface area contributed by atoms with Crippen LogP contribution in [0.3, 0.4) is 0 Å². The number of hydrogen-bond donors (Lipinski definition) is 1. The first kappa shape index (κ1) is 14.7. The van der Waals surface area contributed by atoms with Crippen LogP contribution in [0.25, 0.3) is 0 Å². The van der Waals surface area contributed by atoms with Gasteiger partial charge in [0.05, 0.1) is 9.85 Å². The Balaban J connectivity index is 2.06. The second-order valence-electron chi connectivity index (χ2n) is 5.15. The number of nitro groups is 2. The molecule has 2 aromatic rings. The molecule has 0 amide bonds. The molecule has 23 heavy (non-hydrogen) atoms. The molecule has 2 heterocycles. The van der Waals surface area contributed by atoms with Crippen LogP contribution in [0.4, 0.5) is 17.2 Å². The summed E-state index contributed by atoms with van der Waals surface area (Å²) in [4.78, 5) is 33.4. The first-order valence-electron chi connectivity index (χ1n) is 6.85. The highest BCUT2D eigenvalue weighted by molar-refractivity contribution is 5.60. The van der Waals surface area contributed by atoms with Gasteiger partial charge in [-0.15, -0.1) is 0 Å². The molecule has 118 valence electrons. The maximum Gasteiger partial charge on any atom is 0.310 e. The van der Waals surface area contributed by atoms with Crippen molar-refractivity contribution in [3.05, 3.63) is 72.0 Å². The molecular weight excluding hydrogens is 304 g/mol. The minimum atomic E-state index is -0.541. The number of hydrogen-bond acceptors (Lipinski definition) is 6. The highest BCUT2D eigenvalue weighted by Gasteiger charge is 2.25. The summed E-state index contributed by atoms with van der Waals surface area (Å²) >= 11 is 0. The molecule has 3 rings (SSSR count). The lowest BCUT2D eigenvalue weighted by atomic mass is 10.1. The van der Waals surface area contributed by atoms with Crippen molar-refractivity contribution >= 4 is 17.2 Å². The number of nitrogens with zero attached hydrogens (tertiary/aromatic N) is 3. The molecule has 0 radical (unpaired) electrons. The Hall–Kier alpha value is -3.23. The van der Waals surface area contributed by atoms with Gasteiger partial charge in [-0.1, -0.05) is 12.1 Å². The first-order chi connectivity index (χ1) is 11.0. The molecule has 9 heteroatoms. The minimum absolute atomic E-state index is 0.0834. The lowest BCUT2D eigenvalue weighted by Crippen LogP contribution is -2.23. The van der Waals surface area contributed by atoms with Crippen LogP contribution in [-0.2, 0) is 13.0 Å². The predicted octanol–water partition coefficient (Wildman–Crippen LogP) is 1.68. The molecule has 0 bridgehead atoms. The molecule has 0 atom stereocenters. The number of pyridine rings is 1. The molecule has 0 saturated heterocycles. The number of rotatable bonds is 4. The van der Waals surface area contributed by atoms with Gasteiger partial charge in [0.15, 0.2) is 5.82 Å². The number of non-ortho nitro benzene ring substituents is 1. The smallest absolute Gasteiger partial charge is 0.310 e. The Bertz CT molecular complexity index is 874. The van der Waals surface area contributed by atoms with E-state index in [1.165, 1.54) is 28.8 Å². The van der Waals surface area contributed by atoms with Crippen molar-refractivity contribution in [2.24, 2.45) is 0 Å². The van der Waals surface area contributed by atoms with Crippen molar-refractivity contribution in [3.8, 4) is 0 Å². The second-order valence-corrected chi connectivity index (χ2v) is 5.15. The van der Waals surface area contributed by atoms with Gasteiger partial charge in [0.25, 0.3) is 11.2 Å². The molecule has 1 aliphatic heterocycles. The lowest BCUT2D eigenvalue weighted by molar-refractivity contribution is -0.384. The normalized spacial score (nSPS) is 12.5. The van der Waals surface area contributed by atoms with Gasteiger partial charge in [-0.25, -0.2) is 0 Å². The third-order valence-electron chi connectivity index (χ3n) is 3.68. The van der Waals surface area contributed by atoms with Crippen LogP contribution in [0.1, 0.15) is 11.1 Å². The van der Waals surface area contributed by atoms with Gasteiger partial charge >= 0.3 is 5.69 Å². The van der Waals surface area contributed by atoms with Gasteiger partial charge in [-0.3, -0.25) is 29.6 Å². The fraction of sp³-hybridized carbons (Fsp3) is 0.214. The van der Waals surface area contributed by atoms with Crippen LogP contribution < -0.4 is 10.9 Å². The molecule has 0 aliphatic carbocycles. The zero-order valence-corrected chi connectivity index (χ0v) is 11.9. The topological polar surface area (TPSA) is 120 Å². The average molecular weight is 316 g/mol. The number of nitrogens with one attached hydrogen (secondary N) is 1. The summed E-state index contributed by atoms with van der Waals surface area (Å²) in [5.41, 5.74) is 0.228. The number of anilines is 1. The van der Waals surface area contributed by atoms with Gasteiger partial charge in [0.1, 0.15) is 0 Å². The predicted molar refractivity (Wildman–Crippen MR) is 81.7 cm³/mol. The third kappa shape index (κ3) is 2.63. The number of benzene rings is 1. The highest BCUT2D eigenvalue weighted by atomic mass is 16.6. The quantitative estimate of drug-likeness (QED) is 0.676. The summed E-state index contributed by atoms with van der Waals surface area (Å²) < 4.78 is 1.34. The zero-order valence-electron chi connectivity index (χ0n) is 11.9. The Kier molecular flexibility index (Phi) is 3.53. The summed E-state index contributed by atoms with van der Waals surface area (Å²) in [6.07, 6.45) is 0.0988. The SMILES string of the molecule is O=c1c(Cc2cccc([N+](=O)[O-])c2)cc([N+](=O)[O-])c2n1CCN2. The molecule has 1 aromatic carbocycles. The minimum Gasteiger partial charge on any atom is -0.364 e. The van der Waals surface area contributed by atoms with E-state index in [1.54, 1.807) is 6.07 Å². The van der Waals surface area contributed by atoms with E-state index in [4.69, 9.17) is 0 Å². The Labute approximate surface area is 129 Å². The van der Waals surface area contributed by atoms with Crippen molar-refractivity contribution in [2.75, 3.05) is 11.9 Å². The van der Waals surface area contributed by atoms with Gasteiger partial charge in [0.2, 0.25) is 0 Å². The van der Waals surface area contributed by atoms with Gasteiger partial charge in [-0.2, -0.15) is 0 Å². The summed E-state index contributed by atoms with van der Waals surface area (Å²) in [7, 11) is 0. The molecule has 1 aromatic heterocycles. The summed E-state index contributed by atoms with van der Waals surface area (Å²) in [6, 6.07) is 7.13. The third-order valence-corrected chi connectivity index (χ3v) is 3.68. The van der Waals surface area contributed by atoms with E-state index in [0.29, 0.717) is 18.7 Å². The molecule has 0 spiro atoms. The maximum atomic E-state index is 12.4. The van der Waals surface area contributed by atoms with E-state index in [0.717, 1.165) is 0 Å². The van der Waals surface area contributed by atoms with E-state index in [-0.39, 0.29) is 34.7 Å². The largest absolute Gasteiger partial charge is 0.364 e. The number of fused-ring (bicyclic) bond motifs is 1. The molecule has 0 fully saturated rings. The van der Waals surface area contributed by atoms with Crippen LogP contribution in [0.5, 0.6) is 0 Å². The Morgan fingerprint density at radius 3 is 2.65 bits per heavy atom. The van der Waals surface area contributed by atoms with Crippen molar-refractivity contribution in [3.63, 3.8) is 0 Å². The van der Waals surface area contributed by atoms with Crippen LogP contribution in [0, 0.1) is 20.2 Å². The lowest BCUT2D eigenvalue weighted by Gasteiger charge is -2.07. The van der Waals surface area contributed by atoms with E-state index in [1.807, 2.05) is 0 Å². The van der Waals surface area contributed by atoms with E-state index < -0.39 is 9.85 Å². The van der Waals surface area contributed by atoms with Crippen LogP contribution in [0.2, 0.25) is 0 Å². The monoisotopic (exact) mass is 316 g/mol. The highest BCUT2D eigenvalue weighted by Crippen LogP contribution is 2.27. The first-order valence-corrected chi connectivity index (χ1v) is 6.85. The van der Waals surface area contributed by atoms with Gasteiger partial charge in [-0.05, 0) is 5.56 Å².